The Hall–Kier alpha value is -2.30. The zero-order valence-corrected chi connectivity index (χ0v) is 11.0. The van der Waals surface area contributed by atoms with E-state index in [4.69, 9.17) is 9.47 Å². The molecule has 1 N–H and O–H groups in total. The first-order chi connectivity index (χ1) is 9.22. The van der Waals surface area contributed by atoms with Gasteiger partial charge in [0.05, 0.1) is 25.8 Å². The largest absolute Gasteiger partial charge is 0.497 e. The van der Waals surface area contributed by atoms with E-state index in [-0.39, 0.29) is 12.4 Å². The second kappa shape index (κ2) is 6.04. The highest BCUT2D eigenvalue weighted by Crippen LogP contribution is 2.21. The van der Waals surface area contributed by atoms with Crippen molar-refractivity contribution in [2.45, 2.75) is 13.3 Å². The normalized spacial score (nSPS) is 10.2. The molecule has 19 heavy (non-hydrogen) atoms. The predicted molar refractivity (Wildman–Crippen MR) is 70.9 cm³/mol. The van der Waals surface area contributed by atoms with Crippen LogP contribution in [0, 0.1) is 0 Å². The molecule has 0 unspecified atom stereocenters. The van der Waals surface area contributed by atoms with E-state index in [1.165, 1.54) is 0 Å². The van der Waals surface area contributed by atoms with E-state index < -0.39 is 0 Å². The molecule has 2 rings (SSSR count). The van der Waals surface area contributed by atoms with Gasteiger partial charge < -0.3 is 9.47 Å². The lowest BCUT2D eigenvalue weighted by molar-refractivity contribution is -0.142. The Balaban J connectivity index is 2.09. The fourth-order valence-electron chi connectivity index (χ4n) is 1.73. The summed E-state index contributed by atoms with van der Waals surface area (Å²) in [7, 11) is 1.63. The highest BCUT2D eigenvalue weighted by molar-refractivity contribution is 5.72. The molecule has 5 nitrogen and oxygen atoms in total. The number of aromatic amines is 1. The first kappa shape index (κ1) is 13.1. The molecule has 5 heteroatoms. The standard InChI is InChI=1S/C14H16N2O3/c1-3-19-14(17)9-11-8-13(16-15-11)10-4-6-12(18-2)7-5-10/h4-8H,3,9H2,1-2H3,(H,15,16). The molecule has 0 aliphatic carbocycles. The number of esters is 1. The minimum Gasteiger partial charge on any atom is -0.497 e. The molecule has 0 spiro atoms. The number of hydrogen-bond acceptors (Lipinski definition) is 4. The number of ether oxygens (including phenoxy) is 2. The average Bonchev–Trinajstić information content (AvgIpc) is 2.87. The van der Waals surface area contributed by atoms with Crippen LogP contribution in [-0.2, 0) is 16.0 Å². The summed E-state index contributed by atoms with van der Waals surface area (Å²) < 4.78 is 9.99. The Kier molecular flexibility index (Phi) is 4.18. The molecule has 0 saturated carbocycles. The molecule has 100 valence electrons. The number of carbonyl (C=O) groups excluding carboxylic acids is 1. The molecule has 0 amide bonds. The first-order valence-corrected chi connectivity index (χ1v) is 6.07. The summed E-state index contributed by atoms with van der Waals surface area (Å²) in [6.07, 6.45) is 0.205. The number of nitrogens with one attached hydrogen (secondary N) is 1. The van der Waals surface area contributed by atoms with Crippen LogP contribution < -0.4 is 4.74 Å². The van der Waals surface area contributed by atoms with E-state index >= 15 is 0 Å². The van der Waals surface area contributed by atoms with Gasteiger partial charge in [-0.2, -0.15) is 5.10 Å². The number of methoxy groups -OCH3 is 1. The quantitative estimate of drug-likeness (QED) is 0.837. The molecule has 0 atom stereocenters. The van der Waals surface area contributed by atoms with Crippen molar-refractivity contribution in [2.75, 3.05) is 13.7 Å². The lowest BCUT2D eigenvalue weighted by Gasteiger charge is -2.00. The van der Waals surface area contributed by atoms with Gasteiger partial charge in [-0.25, -0.2) is 0 Å². The van der Waals surface area contributed by atoms with Crippen molar-refractivity contribution >= 4 is 5.97 Å². The summed E-state index contributed by atoms with van der Waals surface area (Å²) >= 11 is 0. The van der Waals surface area contributed by atoms with Crippen LogP contribution in [0.3, 0.4) is 0 Å². The summed E-state index contributed by atoms with van der Waals surface area (Å²) in [5.41, 5.74) is 2.50. The Bertz CT molecular complexity index is 546. The second-order valence-corrected chi connectivity index (χ2v) is 3.99. The van der Waals surface area contributed by atoms with E-state index in [0.29, 0.717) is 6.61 Å². The van der Waals surface area contributed by atoms with Crippen LogP contribution in [0.15, 0.2) is 30.3 Å². The number of rotatable bonds is 5. The van der Waals surface area contributed by atoms with Crippen LogP contribution in [-0.4, -0.2) is 29.9 Å². The maximum atomic E-state index is 11.4. The zero-order valence-electron chi connectivity index (χ0n) is 11.0. The summed E-state index contributed by atoms with van der Waals surface area (Å²) in [4.78, 5) is 11.4. The fourth-order valence-corrected chi connectivity index (χ4v) is 1.73. The molecule has 0 radical (unpaired) electrons. The third-order valence-corrected chi connectivity index (χ3v) is 2.66. The first-order valence-electron chi connectivity index (χ1n) is 6.07. The third-order valence-electron chi connectivity index (χ3n) is 2.66. The number of benzene rings is 1. The smallest absolute Gasteiger partial charge is 0.311 e. The molecular weight excluding hydrogens is 244 g/mol. The van der Waals surface area contributed by atoms with E-state index in [2.05, 4.69) is 10.2 Å². The molecule has 0 saturated heterocycles. The molecular formula is C14H16N2O3. The van der Waals surface area contributed by atoms with Gasteiger partial charge >= 0.3 is 5.97 Å². The maximum absolute atomic E-state index is 11.4. The van der Waals surface area contributed by atoms with E-state index in [1.54, 1.807) is 14.0 Å². The summed E-state index contributed by atoms with van der Waals surface area (Å²) in [5, 5.41) is 7.02. The van der Waals surface area contributed by atoms with Gasteiger partial charge in [-0.15, -0.1) is 0 Å². The van der Waals surface area contributed by atoms with Crippen LogP contribution in [0.2, 0.25) is 0 Å². The van der Waals surface area contributed by atoms with Gasteiger partial charge in [-0.1, -0.05) is 0 Å². The van der Waals surface area contributed by atoms with Gasteiger partial charge in [0.15, 0.2) is 0 Å². The summed E-state index contributed by atoms with van der Waals surface area (Å²) in [6, 6.07) is 9.43. The number of aromatic nitrogens is 2. The lowest BCUT2D eigenvalue weighted by Crippen LogP contribution is -2.07. The predicted octanol–water partition coefficient (Wildman–Crippen LogP) is 2.19. The number of hydrogen-bond donors (Lipinski definition) is 1. The number of nitrogens with zero attached hydrogens (tertiary/aromatic N) is 1. The highest BCUT2D eigenvalue weighted by atomic mass is 16.5. The molecule has 1 aromatic heterocycles. The average molecular weight is 260 g/mol. The van der Waals surface area contributed by atoms with Crippen molar-refractivity contribution < 1.29 is 14.3 Å². The van der Waals surface area contributed by atoms with Crippen LogP contribution in [0.4, 0.5) is 0 Å². The molecule has 0 aliphatic heterocycles. The van der Waals surface area contributed by atoms with Gasteiger partial charge in [0.25, 0.3) is 0 Å². The molecule has 0 bridgehead atoms. The van der Waals surface area contributed by atoms with E-state index in [9.17, 15) is 4.79 Å². The fraction of sp³-hybridized carbons (Fsp3) is 0.286. The zero-order chi connectivity index (χ0) is 13.7. The van der Waals surface area contributed by atoms with Crippen LogP contribution >= 0.6 is 0 Å². The molecule has 1 aromatic carbocycles. The Morgan fingerprint density at radius 2 is 2.05 bits per heavy atom. The van der Waals surface area contributed by atoms with E-state index in [1.807, 2.05) is 30.3 Å². The summed E-state index contributed by atoms with van der Waals surface area (Å²) in [5.74, 6) is 0.540. The van der Waals surface area contributed by atoms with Crippen LogP contribution in [0.1, 0.15) is 12.6 Å². The highest BCUT2D eigenvalue weighted by Gasteiger charge is 2.08. The number of H-pyrrole nitrogens is 1. The monoisotopic (exact) mass is 260 g/mol. The van der Waals surface area contributed by atoms with Crippen LogP contribution in [0.25, 0.3) is 11.3 Å². The summed E-state index contributed by atoms with van der Waals surface area (Å²) in [6.45, 7) is 2.17. The molecule has 0 fully saturated rings. The van der Waals surface area contributed by atoms with Crippen molar-refractivity contribution in [1.29, 1.82) is 0 Å². The molecule has 0 aliphatic rings. The van der Waals surface area contributed by atoms with Gasteiger partial charge in [-0.3, -0.25) is 9.89 Å². The van der Waals surface area contributed by atoms with Gasteiger partial charge in [0.2, 0.25) is 0 Å². The van der Waals surface area contributed by atoms with Crippen molar-refractivity contribution in [2.24, 2.45) is 0 Å². The topological polar surface area (TPSA) is 64.2 Å². The minimum atomic E-state index is -0.257. The van der Waals surface area contributed by atoms with Crippen molar-refractivity contribution in [3.05, 3.63) is 36.0 Å². The SMILES string of the molecule is CCOC(=O)Cc1cc(-c2ccc(OC)cc2)n[nH]1. The van der Waals surface area contributed by atoms with Crippen molar-refractivity contribution in [3.63, 3.8) is 0 Å². The Morgan fingerprint density at radius 1 is 1.32 bits per heavy atom. The third kappa shape index (κ3) is 3.34. The Labute approximate surface area is 111 Å². The Morgan fingerprint density at radius 3 is 2.68 bits per heavy atom. The minimum absolute atomic E-state index is 0.205. The number of carbonyl (C=O) groups is 1. The van der Waals surface area contributed by atoms with Gasteiger partial charge in [-0.05, 0) is 37.3 Å². The van der Waals surface area contributed by atoms with Crippen molar-refractivity contribution in [1.82, 2.24) is 10.2 Å². The van der Waals surface area contributed by atoms with E-state index in [0.717, 1.165) is 22.7 Å². The van der Waals surface area contributed by atoms with Crippen LogP contribution in [0.5, 0.6) is 5.75 Å². The lowest BCUT2D eigenvalue weighted by atomic mass is 10.1. The van der Waals surface area contributed by atoms with Crippen molar-refractivity contribution in [3.8, 4) is 17.0 Å². The second-order valence-electron chi connectivity index (χ2n) is 3.99. The molecule has 2 aromatic rings. The van der Waals surface area contributed by atoms with Gasteiger partial charge in [0.1, 0.15) is 5.75 Å². The molecule has 1 heterocycles. The van der Waals surface area contributed by atoms with Gasteiger partial charge in [0, 0.05) is 11.3 Å². The maximum Gasteiger partial charge on any atom is 0.311 e.